The Hall–Kier alpha value is -2.21. The molecule has 0 radical (unpaired) electrons. The molecule has 3 aromatic rings. The Labute approximate surface area is 148 Å². The molecule has 0 amide bonds. The minimum absolute atomic E-state index is 0.0801. The summed E-state index contributed by atoms with van der Waals surface area (Å²) >= 11 is 0. The second kappa shape index (κ2) is 6.96. The highest BCUT2D eigenvalue weighted by atomic mass is 32.2. The smallest absolute Gasteiger partial charge is 0.240 e. The van der Waals surface area contributed by atoms with E-state index in [-0.39, 0.29) is 11.4 Å². The number of aliphatic hydroxyl groups excluding tert-OH is 1. The van der Waals surface area contributed by atoms with Crippen LogP contribution in [0.1, 0.15) is 22.8 Å². The number of aliphatic hydroxyl groups is 1. The predicted octanol–water partition coefficient (Wildman–Crippen LogP) is 3.47. The first kappa shape index (κ1) is 17.6. The number of hydrogen-bond donors (Lipinski definition) is 2. The van der Waals surface area contributed by atoms with Crippen LogP contribution in [0.3, 0.4) is 0 Å². The molecule has 0 aromatic heterocycles. The fraction of sp³-hybridized carbons (Fsp3) is 0.200. The summed E-state index contributed by atoms with van der Waals surface area (Å²) in [5.74, 6) is 0. The summed E-state index contributed by atoms with van der Waals surface area (Å²) in [6.45, 7) is 3.73. The van der Waals surface area contributed by atoms with Crippen LogP contribution in [0.25, 0.3) is 10.8 Å². The van der Waals surface area contributed by atoms with E-state index >= 15 is 0 Å². The molecule has 130 valence electrons. The molecule has 3 aromatic carbocycles. The summed E-state index contributed by atoms with van der Waals surface area (Å²) in [5, 5.41) is 12.4. The lowest BCUT2D eigenvalue weighted by molar-refractivity contribution is 0.183. The van der Waals surface area contributed by atoms with E-state index in [1.165, 1.54) is 0 Å². The van der Waals surface area contributed by atoms with E-state index in [1.807, 2.05) is 56.3 Å². The summed E-state index contributed by atoms with van der Waals surface area (Å²) in [6.07, 6.45) is -0.924. The van der Waals surface area contributed by atoms with Crippen LogP contribution in [0, 0.1) is 13.8 Å². The van der Waals surface area contributed by atoms with Crippen molar-refractivity contribution in [3.63, 3.8) is 0 Å². The molecule has 25 heavy (non-hydrogen) atoms. The molecule has 4 nitrogen and oxygen atoms in total. The van der Waals surface area contributed by atoms with Crippen molar-refractivity contribution in [1.29, 1.82) is 0 Å². The SMILES string of the molecule is Cc1ccc(S(=O)(=O)NCC(O)c2cccc3ccccc23)cc1C. The molecular weight excluding hydrogens is 334 g/mol. The average Bonchev–Trinajstić information content (AvgIpc) is 2.61. The molecule has 0 aliphatic carbocycles. The van der Waals surface area contributed by atoms with Crippen molar-refractivity contribution < 1.29 is 13.5 Å². The molecule has 3 rings (SSSR count). The number of nitrogens with one attached hydrogen (secondary N) is 1. The van der Waals surface area contributed by atoms with E-state index in [4.69, 9.17) is 0 Å². The third-order valence-corrected chi connectivity index (χ3v) is 5.86. The van der Waals surface area contributed by atoms with Crippen LogP contribution in [0.5, 0.6) is 0 Å². The van der Waals surface area contributed by atoms with Crippen LogP contribution in [-0.4, -0.2) is 20.1 Å². The highest BCUT2D eigenvalue weighted by molar-refractivity contribution is 7.89. The Morgan fingerprint density at radius 3 is 2.44 bits per heavy atom. The first-order chi connectivity index (χ1) is 11.9. The normalized spacial score (nSPS) is 13.1. The van der Waals surface area contributed by atoms with Gasteiger partial charge in [-0.15, -0.1) is 0 Å². The lowest BCUT2D eigenvalue weighted by atomic mass is 10.0. The van der Waals surface area contributed by atoms with Crippen LogP contribution in [0.2, 0.25) is 0 Å². The van der Waals surface area contributed by atoms with Gasteiger partial charge in [0.05, 0.1) is 11.0 Å². The molecule has 0 aliphatic rings. The number of rotatable bonds is 5. The zero-order valence-corrected chi connectivity index (χ0v) is 15.0. The van der Waals surface area contributed by atoms with Crippen LogP contribution >= 0.6 is 0 Å². The van der Waals surface area contributed by atoms with Gasteiger partial charge in [0.25, 0.3) is 0 Å². The molecule has 0 spiro atoms. The molecule has 1 atom stereocenters. The second-order valence-electron chi connectivity index (χ2n) is 6.18. The Balaban J connectivity index is 1.81. The molecule has 2 N–H and O–H groups in total. The maximum Gasteiger partial charge on any atom is 0.240 e. The van der Waals surface area contributed by atoms with E-state index < -0.39 is 16.1 Å². The van der Waals surface area contributed by atoms with Gasteiger partial charge in [0.15, 0.2) is 0 Å². The van der Waals surface area contributed by atoms with E-state index in [2.05, 4.69) is 4.72 Å². The van der Waals surface area contributed by atoms with Gasteiger partial charge in [0, 0.05) is 6.54 Å². The number of fused-ring (bicyclic) bond motifs is 1. The lowest BCUT2D eigenvalue weighted by Gasteiger charge is -2.15. The minimum Gasteiger partial charge on any atom is -0.387 e. The zero-order valence-electron chi connectivity index (χ0n) is 14.2. The van der Waals surface area contributed by atoms with Crippen molar-refractivity contribution in [1.82, 2.24) is 4.72 Å². The van der Waals surface area contributed by atoms with Gasteiger partial charge < -0.3 is 5.11 Å². The Morgan fingerprint density at radius 2 is 1.68 bits per heavy atom. The van der Waals surface area contributed by atoms with Gasteiger partial charge in [-0.3, -0.25) is 0 Å². The molecule has 0 saturated carbocycles. The highest BCUT2D eigenvalue weighted by Gasteiger charge is 2.18. The summed E-state index contributed by atoms with van der Waals surface area (Å²) in [4.78, 5) is 0.209. The van der Waals surface area contributed by atoms with Crippen molar-refractivity contribution in [2.45, 2.75) is 24.8 Å². The molecule has 0 heterocycles. The van der Waals surface area contributed by atoms with Crippen LogP contribution < -0.4 is 4.72 Å². The summed E-state index contributed by atoms with van der Waals surface area (Å²) in [5.41, 5.74) is 2.66. The van der Waals surface area contributed by atoms with Crippen LogP contribution in [0.4, 0.5) is 0 Å². The van der Waals surface area contributed by atoms with E-state index in [1.54, 1.807) is 18.2 Å². The van der Waals surface area contributed by atoms with Gasteiger partial charge in [-0.05, 0) is 53.4 Å². The van der Waals surface area contributed by atoms with Crippen molar-refractivity contribution in [2.75, 3.05) is 6.54 Å². The Morgan fingerprint density at radius 1 is 0.960 bits per heavy atom. The Kier molecular flexibility index (Phi) is 4.90. The van der Waals surface area contributed by atoms with Gasteiger partial charge in [-0.2, -0.15) is 0 Å². The Bertz CT molecular complexity index is 1010. The van der Waals surface area contributed by atoms with Crippen LogP contribution in [0.15, 0.2) is 65.6 Å². The molecule has 0 bridgehead atoms. The molecule has 5 heteroatoms. The topological polar surface area (TPSA) is 66.4 Å². The molecule has 0 aliphatic heterocycles. The lowest BCUT2D eigenvalue weighted by Crippen LogP contribution is -2.28. The van der Waals surface area contributed by atoms with Crippen molar-refractivity contribution in [2.24, 2.45) is 0 Å². The first-order valence-electron chi connectivity index (χ1n) is 8.11. The summed E-state index contributed by atoms with van der Waals surface area (Å²) < 4.78 is 27.5. The van der Waals surface area contributed by atoms with Gasteiger partial charge in [-0.25, -0.2) is 13.1 Å². The number of benzene rings is 3. The van der Waals surface area contributed by atoms with Gasteiger partial charge in [0.1, 0.15) is 0 Å². The maximum atomic E-state index is 12.5. The largest absolute Gasteiger partial charge is 0.387 e. The summed E-state index contributed by atoms with van der Waals surface area (Å²) in [7, 11) is -3.67. The van der Waals surface area contributed by atoms with E-state index in [0.29, 0.717) is 5.56 Å². The van der Waals surface area contributed by atoms with Crippen molar-refractivity contribution in [3.05, 3.63) is 77.4 Å². The molecule has 1 unspecified atom stereocenters. The molecule has 0 saturated heterocycles. The quantitative estimate of drug-likeness (QED) is 0.736. The minimum atomic E-state index is -3.67. The highest BCUT2D eigenvalue weighted by Crippen LogP contribution is 2.24. The number of sulfonamides is 1. The van der Waals surface area contributed by atoms with Gasteiger partial charge in [-0.1, -0.05) is 48.5 Å². The van der Waals surface area contributed by atoms with E-state index in [0.717, 1.165) is 21.9 Å². The zero-order chi connectivity index (χ0) is 18.0. The van der Waals surface area contributed by atoms with Crippen molar-refractivity contribution >= 4 is 20.8 Å². The first-order valence-corrected chi connectivity index (χ1v) is 9.59. The van der Waals surface area contributed by atoms with Crippen LogP contribution in [-0.2, 0) is 10.0 Å². The van der Waals surface area contributed by atoms with Crippen molar-refractivity contribution in [3.8, 4) is 0 Å². The fourth-order valence-electron chi connectivity index (χ4n) is 2.80. The third-order valence-electron chi connectivity index (χ3n) is 4.44. The predicted molar refractivity (Wildman–Crippen MR) is 100 cm³/mol. The van der Waals surface area contributed by atoms with Gasteiger partial charge in [0.2, 0.25) is 10.0 Å². The standard InChI is InChI=1S/C20H21NO3S/c1-14-10-11-17(12-15(14)2)25(23,24)21-13-20(22)19-9-5-7-16-6-3-4-8-18(16)19/h3-12,20-22H,13H2,1-2H3. The number of hydrogen-bond acceptors (Lipinski definition) is 3. The average molecular weight is 355 g/mol. The second-order valence-corrected chi connectivity index (χ2v) is 7.95. The molecule has 0 fully saturated rings. The molecular formula is C20H21NO3S. The summed E-state index contributed by atoms with van der Waals surface area (Å²) in [6, 6.07) is 18.4. The fourth-order valence-corrected chi connectivity index (χ4v) is 3.93. The van der Waals surface area contributed by atoms with Gasteiger partial charge >= 0.3 is 0 Å². The maximum absolute atomic E-state index is 12.5. The van der Waals surface area contributed by atoms with E-state index in [9.17, 15) is 13.5 Å². The monoisotopic (exact) mass is 355 g/mol. The number of aryl methyl sites for hydroxylation is 2. The third kappa shape index (κ3) is 3.74.